The van der Waals surface area contributed by atoms with Gasteiger partial charge in [0.2, 0.25) is 0 Å². The van der Waals surface area contributed by atoms with E-state index in [1.807, 2.05) is 40.9 Å². The van der Waals surface area contributed by atoms with Gasteiger partial charge in [0.1, 0.15) is 0 Å². The first kappa shape index (κ1) is 12.5. The Morgan fingerprint density at radius 2 is 1.76 bits per heavy atom. The summed E-state index contributed by atoms with van der Waals surface area (Å²) in [5, 5.41) is 0. The SMILES string of the molecule is COc1nc(B2OC(C)(C)C(C)(C)O2)cn1C. The zero-order valence-electron chi connectivity index (χ0n) is 11.3. The normalized spacial score (nSPS) is 21.9. The van der Waals surface area contributed by atoms with Crippen molar-refractivity contribution in [3.05, 3.63) is 6.20 Å². The molecule has 1 aliphatic rings. The van der Waals surface area contributed by atoms with Gasteiger partial charge in [0.25, 0.3) is 6.01 Å². The fourth-order valence-corrected chi connectivity index (χ4v) is 1.74. The van der Waals surface area contributed by atoms with E-state index in [2.05, 4.69) is 4.98 Å². The number of aromatic nitrogens is 2. The van der Waals surface area contributed by atoms with E-state index in [9.17, 15) is 0 Å². The van der Waals surface area contributed by atoms with E-state index >= 15 is 0 Å². The Morgan fingerprint density at radius 1 is 1.24 bits per heavy atom. The molecule has 0 saturated carbocycles. The van der Waals surface area contributed by atoms with Crippen LogP contribution in [0.1, 0.15) is 27.7 Å². The topological polar surface area (TPSA) is 45.5 Å². The molecule has 0 unspecified atom stereocenters. The molecule has 1 fully saturated rings. The molecule has 0 atom stereocenters. The number of nitrogens with zero attached hydrogens (tertiary/aromatic N) is 2. The molecular formula is C11H19BN2O3. The third-order valence-electron chi connectivity index (χ3n) is 3.53. The Labute approximate surface area is 102 Å². The van der Waals surface area contributed by atoms with Crippen LogP contribution in [0.25, 0.3) is 0 Å². The molecule has 2 heterocycles. The quantitative estimate of drug-likeness (QED) is 0.712. The number of methoxy groups -OCH3 is 1. The molecule has 0 aliphatic carbocycles. The van der Waals surface area contributed by atoms with E-state index in [1.54, 1.807) is 11.7 Å². The van der Waals surface area contributed by atoms with E-state index in [1.165, 1.54) is 0 Å². The summed E-state index contributed by atoms with van der Waals surface area (Å²) in [6.45, 7) is 8.08. The van der Waals surface area contributed by atoms with E-state index in [0.717, 1.165) is 5.59 Å². The second-order valence-corrected chi connectivity index (χ2v) is 5.35. The summed E-state index contributed by atoms with van der Waals surface area (Å²) in [6, 6.07) is 0.551. The van der Waals surface area contributed by atoms with Gasteiger partial charge in [-0.15, -0.1) is 0 Å². The standard InChI is InChI=1S/C11H19BN2O3/c1-10(2)11(3,4)17-12(16-10)8-7-14(5)9(13-8)15-6/h7H,1-6H3. The molecule has 2 rings (SSSR count). The van der Waals surface area contributed by atoms with Crippen LogP contribution in [0.15, 0.2) is 6.20 Å². The molecule has 1 saturated heterocycles. The van der Waals surface area contributed by atoms with Crippen LogP contribution in [-0.2, 0) is 16.4 Å². The van der Waals surface area contributed by atoms with Gasteiger partial charge in [-0.25, -0.2) is 4.98 Å². The van der Waals surface area contributed by atoms with Crippen LogP contribution >= 0.6 is 0 Å². The Hall–Kier alpha value is -1.01. The molecule has 0 bridgehead atoms. The Morgan fingerprint density at radius 3 is 2.18 bits per heavy atom. The molecule has 1 aromatic rings. The fourth-order valence-electron chi connectivity index (χ4n) is 1.74. The molecule has 1 aliphatic heterocycles. The number of rotatable bonds is 2. The van der Waals surface area contributed by atoms with E-state index in [-0.39, 0.29) is 11.2 Å². The van der Waals surface area contributed by atoms with Crippen molar-refractivity contribution in [3.63, 3.8) is 0 Å². The van der Waals surface area contributed by atoms with Crippen LogP contribution < -0.4 is 10.3 Å². The minimum atomic E-state index is -0.435. The molecule has 0 spiro atoms. The minimum Gasteiger partial charge on any atom is -0.468 e. The highest BCUT2D eigenvalue weighted by Crippen LogP contribution is 2.36. The predicted molar refractivity (Wildman–Crippen MR) is 65.5 cm³/mol. The molecule has 0 N–H and O–H groups in total. The minimum absolute atomic E-state index is 0.345. The van der Waals surface area contributed by atoms with Gasteiger partial charge < -0.3 is 18.6 Å². The summed E-state index contributed by atoms with van der Waals surface area (Å²) >= 11 is 0. The smallest absolute Gasteiger partial charge is 0.468 e. The zero-order chi connectivity index (χ0) is 12.8. The van der Waals surface area contributed by atoms with Crippen LogP contribution in [0.2, 0.25) is 0 Å². The lowest BCUT2D eigenvalue weighted by molar-refractivity contribution is 0.00578. The summed E-state index contributed by atoms with van der Waals surface area (Å²) in [5.41, 5.74) is 0.0493. The van der Waals surface area contributed by atoms with Gasteiger partial charge in [0.05, 0.1) is 23.9 Å². The van der Waals surface area contributed by atoms with Gasteiger partial charge in [-0.3, -0.25) is 0 Å². The maximum Gasteiger partial charge on any atom is 0.516 e. The van der Waals surface area contributed by atoms with Crippen molar-refractivity contribution in [2.45, 2.75) is 38.9 Å². The molecule has 0 radical (unpaired) electrons. The van der Waals surface area contributed by atoms with Gasteiger partial charge in [-0.05, 0) is 27.7 Å². The second-order valence-electron chi connectivity index (χ2n) is 5.35. The van der Waals surface area contributed by atoms with Crippen LogP contribution in [0, 0.1) is 0 Å². The molecule has 17 heavy (non-hydrogen) atoms. The highest BCUT2D eigenvalue weighted by Gasteiger charge is 2.52. The molecular weight excluding hydrogens is 219 g/mol. The van der Waals surface area contributed by atoms with Crippen molar-refractivity contribution in [2.75, 3.05) is 7.11 Å². The second kappa shape index (κ2) is 3.75. The highest BCUT2D eigenvalue weighted by molar-refractivity contribution is 6.61. The third-order valence-corrected chi connectivity index (χ3v) is 3.53. The summed E-state index contributed by atoms with van der Waals surface area (Å²) in [4.78, 5) is 4.33. The number of aryl methyl sites for hydroxylation is 1. The summed E-state index contributed by atoms with van der Waals surface area (Å²) < 4.78 is 18.8. The van der Waals surface area contributed by atoms with Crippen molar-refractivity contribution in [1.82, 2.24) is 9.55 Å². The Bertz CT molecular complexity index is 412. The lowest BCUT2D eigenvalue weighted by Crippen LogP contribution is -2.41. The highest BCUT2D eigenvalue weighted by atomic mass is 16.7. The lowest BCUT2D eigenvalue weighted by Gasteiger charge is -2.32. The van der Waals surface area contributed by atoms with Crippen molar-refractivity contribution in [3.8, 4) is 6.01 Å². The van der Waals surface area contributed by atoms with Gasteiger partial charge in [0.15, 0.2) is 0 Å². The Balaban J connectivity index is 2.26. The van der Waals surface area contributed by atoms with E-state index < -0.39 is 7.12 Å². The maximum absolute atomic E-state index is 5.91. The summed E-state index contributed by atoms with van der Waals surface area (Å²) in [6.07, 6.45) is 1.86. The van der Waals surface area contributed by atoms with E-state index in [0.29, 0.717) is 6.01 Å². The fraction of sp³-hybridized carbons (Fsp3) is 0.727. The Kier molecular flexibility index (Phi) is 2.74. The van der Waals surface area contributed by atoms with Crippen molar-refractivity contribution < 1.29 is 14.0 Å². The third kappa shape index (κ3) is 1.95. The summed E-state index contributed by atoms with van der Waals surface area (Å²) in [7, 11) is 3.03. The van der Waals surface area contributed by atoms with Gasteiger partial charge in [-0.1, -0.05) is 0 Å². The maximum atomic E-state index is 5.91. The first-order chi connectivity index (χ1) is 7.77. The molecule has 0 amide bonds. The van der Waals surface area contributed by atoms with Gasteiger partial charge in [-0.2, -0.15) is 0 Å². The van der Waals surface area contributed by atoms with Gasteiger partial charge in [0, 0.05) is 13.2 Å². The first-order valence-electron chi connectivity index (χ1n) is 5.70. The van der Waals surface area contributed by atoms with Crippen molar-refractivity contribution in [1.29, 1.82) is 0 Å². The number of ether oxygens (including phenoxy) is 1. The van der Waals surface area contributed by atoms with Crippen molar-refractivity contribution in [2.24, 2.45) is 7.05 Å². The molecule has 5 nitrogen and oxygen atoms in total. The average Bonchev–Trinajstić information content (AvgIpc) is 2.66. The van der Waals surface area contributed by atoms with Crippen LogP contribution in [0.5, 0.6) is 6.01 Å². The number of hydrogen-bond donors (Lipinski definition) is 0. The van der Waals surface area contributed by atoms with Crippen LogP contribution in [0.3, 0.4) is 0 Å². The number of hydrogen-bond acceptors (Lipinski definition) is 4. The number of imidazole rings is 1. The first-order valence-corrected chi connectivity index (χ1v) is 5.70. The molecule has 1 aromatic heterocycles. The average molecular weight is 238 g/mol. The summed E-state index contributed by atoms with van der Waals surface area (Å²) in [5.74, 6) is 0. The lowest BCUT2D eigenvalue weighted by atomic mass is 9.86. The van der Waals surface area contributed by atoms with Crippen LogP contribution in [-0.4, -0.2) is 35.0 Å². The molecule has 6 heteroatoms. The predicted octanol–water partition coefficient (Wildman–Crippen LogP) is 0.728. The van der Waals surface area contributed by atoms with E-state index in [4.69, 9.17) is 14.0 Å². The largest absolute Gasteiger partial charge is 0.516 e. The molecule has 94 valence electrons. The van der Waals surface area contributed by atoms with Crippen LogP contribution in [0.4, 0.5) is 0 Å². The molecule has 0 aromatic carbocycles. The zero-order valence-corrected chi connectivity index (χ0v) is 11.3. The van der Waals surface area contributed by atoms with Gasteiger partial charge >= 0.3 is 7.12 Å². The van der Waals surface area contributed by atoms with Crippen molar-refractivity contribution >= 4 is 12.7 Å². The monoisotopic (exact) mass is 238 g/mol.